The van der Waals surface area contributed by atoms with E-state index < -0.39 is 0 Å². The number of benzene rings is 2. The first-order valence-electron chi connectivity index (χ1n) is 5.84. The Morgan fingerprint density at radius 1 is 0.889 bits per heavy atom. The first-order valence-corrected chi connectivity index (χ1v) is 5.84. The number of aliphatic hydroxyl groups excluding tert-OH is 1. The van der Waals surface area contributed by atoms with Gasteiger partial charge in [-0.15, -0.1) is 0 Å². The maximum absolute atomic E-state index is 10.1. The topological polar surface area (TPSA) is 37.3 Å². The van der Waals surface area contributed by atoms with Gasteiger partial charge in [0.15, 0.2) is 0 Å². The van der Waals surface area contributed by atoms with Crippen molar-refractivity contribution in [1.29, 1.82) is 0 Å². The van der Waals surface area contributed by atoms with Crippen molar-refractivity contribution < 1.29 is 9.90 Å². The fourth-order valence-corrected chi connectivity index (χ4v) is 1.34. The van der Waals surface area contributed by atoms with Crippen LogP contribution in [0.4, 0.5) is 0 Å². The lowest BCUT2D eigenvalue weighted by Crippen LogP contribution is -1.80. The molecule has 0 fully saturated rings. The van der Waals surface area contributed by atoms with Crippen LogP contribution in [0.3, 0.4) is 0 Å². The van der Waals surface area contributed by atoms with Crippen LogP contribution in [0, 0.1) is 13.8 Å². The van der Waals surface area contributed by atoms with E-state index in [1.807, 2.05) is 62.4 Å². The van der Waals surface area contributed by atoms with Crippen molar-refractivity contribution in [2.24, 2.45) is 0 Å². The van der Waals surface area contributed by atoms with E-state index in [1.54, 1.807) is 0 Å². The number of hydrogen-bond donors (Lipinski definition) is 1. The summed E-state index contributed by atoms with van der Waals surface area (Å²) in [5.41, 5.74) is 4.12. The molecule has 0 atom stereocenters. The molecule has 0 heterocycles. The predicted molar refractivity (Wildman–Crippen MR) is 73.7 cm³/mol. The van der Waals surface area contributed by atoms with E-state index in [-0.39, 0.29) is 6.61 Å². The van der Waals surface area contributed by atoms with Gasteiger partial charge in [-0.05, 0) is 19.4 Å². The van der Waals surface area contributed by atoms with Gasteiger partial charge in [0.2, 0.25) is 0 Å². The molecule has 0 aliphatic rings. The Kier molecular flexibility index (Phi) is 5.81. The minimum atomic E-state index is 0.139. The van der Waals surface area contributed by atoms with Gasteiger partial charge in [0.25, 0.3) is 0 Å². The molecule has 0 bridgehead atoms. The Labute approximate surface area is 108 Å². The van der Waals surface area contributed by atoms with Gasteiger partial charge in [-0.1, -0.05) is 59.7 Å². The highest BCUT2D eigenvalue weighted by Crippen LogP contribution is 2.01. The normalized spacial score (nSPS) is 9.28. The summed E-state index contributed by atoms with van der Waals surface area (Å²) in [5, 5.41) is 8.63. The van der Waals surface area contributed by atoms with Crippen molar-refractivity contribution in [2.75, 3.05) is 0 Å². The van der Waals surface area contributed by atoms with E-state index in [9.17, 15) is 4.79 Å². The molecule has 0 spiro atoms. The number of rotatable bonds is 2. The maximum atomic E-state index is 10.1. The first kappa shape index (κ1) is 14.1. The smallest absolute Gasteiger partial charge is 0.150 e. The quantitative estimate of drug-likeness (QED) is 0.820. The lowest BCUT2D eigenvalue weighted by Gasteiger charge is -1.93. The van der Waals surface area contributed by atoms with Crippen LogP contribution in [-0.4, -0.2) is 11.4 Å². The lowest BCUT2D eigenvalue weighted by molar-refractivity contribution is 0.112. The van der Waals surface area contributed by atoms with E-state index in [1.165, 1.54) is 11.1 Å². The van der Waals surface area contributed by atoms with Gasteiger partial charge in [0.05, 0.1) is 6.61 Å². The lowest BCUT2D eigenvalue weighted by atomic mass is 10.2. The number of hydrogen-bond acceptors (Lipinski definition) is 2. The Balaban J connectivity index is 0.000000180. The first-order chi connectivity index (χ1) is 8.65. The van der Waals surface area contributed by atoms with Gasteiger partial charge < -0.3 is 5.11 Å². The molecule has 0 saturated heterocycles. The highest BCUT2D eigenvalue weighted by molar-refractivity contribution is 5.74. The zero-order chi connectivity index (χ0) is 13.4. The maximum Gasteiger partial charge on any atom is 0.150 e. The Morgan fingerprint density at radius 2 is 1.33 bits per heavy atom. The fraction of sp³-hybridized carbons (Fsp3) is 0.188. The zero-order valence-corrected chi connectivity index (χ0v) is 10.8. The molecular formula is C16H18O2. The molecule has 2 heteroatoms. The summed E-state index contributed by atoms with van der Waals surface area (Å²) in [5.74, 6) is 0. The van der Waals surface area contributed by atoms with Gasteiger partial charge in [-0.3, -0.25) is 4.79 Å². The molecule has 2 rings (SSSR count). The van der Waals surface area contributed by atoms with Crippen molar-refractivity contribution in [2.45, 2.75) is 20.5 Å². The Bertz CT molecular complexity index is 469. The minimum absolute atomic E-state index is 0.139. The van der Waals surface area contributed by atoms with Crippen molar-refractivity contribution in [3.8, 4) is 0 Å². The SMILES string of the molecule is Cc1ccc(C=O)cc1.Cc1ccc(CO)cc1. The zero-order valence-electron chi connectivity index (χ0n) is 10.8. The summed E-state index contributed by atoms with van der Waals surface area (Å²) in [6.07, 6.45) is 0.847. The van der Waals surface area contributed by atoms with Crippen LogP contribution in [-0.2, 0) is 6.61 Å². The van der Waals surface area contributed by atoms with Crippen LogP contribution in [0.2, 0.25) is 0 Å². The summed E-state index contributed by atoms with van der Waals surface area (Å²) in [7, 11) is 0. The molecule has 0 aliphatic carbocycles. The molecule has 0 radical (unpaired) electrons. The summed E-state index contributed by atoms with van der Waals surface area (Å²) in [4.78, 5) is 10.1. The van der Waals surface area contributed by atoms with Crippen LogP contribution in [0.1, 0.15) is 27.0 Å². The van der Waals surface area contributed by atoms with Gasteiger partial charge in [0.1, 0.15) is 6.29 Å². The van der Waals surface area contributed by atoms with E-state index >= 15 is 0 Å². The van der Waals surface area contributed by atoms with Crippen LogP contribution in [0.15, 0.2) is 48.5 Å². The summed E-state index contributed by atoms with van der Waals surface area (Å²) >= 11 is 0. The average Bonchev–Trinajstić information content (AvgIpc) is 2.41. The highest BCUT2D eigenvalue weighted by Gasteiger charge is 1.86. The van der Waals surface area contributed by atoms with E-state index in [4.69, 9.17) is 5.11 Å². The minimum Gasteiger partial charge on any atom is -0.392 e. The standard InChI is InChI=1S/C8H10O.C8H8O/c2*1-7-2-4-8(6-9)5-3-7/h2-5,9H,6H2,1H3;2-6H,1H3. The van der Waals surface area contributed by atoms with Gasteiger partial charge in [-0.2, -0.15) is 0 Å². The molecule has 2 nitrogen and oxygen atoms in total. The number of carbonyl (C=O) groups is 1. The molecule has 0 aromatic heterocycles. The summed E-state index contributed by atoms with van der Waals surface area (Å²) < 4.78 is 0. The third kappa shape index (κ3) is 4.93. The molecule has 0 amide bonds. The molecule has 2 aromatic carbocycles. The number of aryl methyl sites for hydroxylation is 2. The fourth-order valence-electron chi connectivity index (χ4n) is 1.34. The van der Waals surface area contributed by atoms with E-state index in [2.05, 4.69) is 0 Å². The third-order valence-corrected chi connectivity index (χ3v) is 2.52. The number of carbonyl (C=O) groups excluding carboxylic acids is 1. The summed E-state index contributed by atoms with van der Waals surface area (Å²) in [6.45, 7) is 4.16. The van der Waals surface area contributed by atoms with Crippen molar-refractivity contribution in [3.63, 3.8) is 0 Å². The second-order valence-corrected chi connectivity index (χ2v) is 4.17. The molecule has 2 aromatic rings. The molecule has 0 saturated carbocycles. The van der Waals surface area contributed by atoms with Crippen LogP contribution in [0.5, 0.6) is 0 Å². The van der Waals surface area contributed by atoms with E-state index in [0.29, 0.717) is 0 Å². The van der Waals surface area contributed by atoms with Crippen molar-refractivity contribution in [3.05, 3.63) is 70.8 Å². The molecular weight excluding hydrogens is 224 g/mol. The van der Waals surface area contributed by atoms with Crippen molar-refractivity contribution in [1.82, 2.24) is 0 Å². The Hall–Kier alpha value is -1.93. The van der Waals surface area contributed by atoms with Crippen LogP contribution >= 0.6 is 0 Å². The van der Waals surface area contributed by atoms with Gasteiger partial charge in [0, 0.05) is 5.56 Å². The molecule has 0 unspecified atom stereocenters. The second kappa shape index (κ2) is 7.41. The van der Waals surface area contributed by atoms with Crippen LogP contribution in [0.25, 0.3) is 0 Å². The number of aliphatic hydroxyl groups is 1. The number of aldehydes is 1. The highest BCUT2D eigenvalue weighted by atomic mass is 16.3. The largest absolute Gasteiger partial charge is 0.392 e. The van der Waals surface area contributed by atoms with E-state index in [0.717, 1.165) is 17.4 Å². The predicted octanol–water partition coefficient (Wildman–Crippen LogP) is 3.29. The molecule has 1 N–H and O–H groups in total. The van der Waals surface area contributed by atoms with Crippen molar-refractivity contribution >= 4 is 6.29 Å². The van der Waals surface area contributed by atoms with Crippen LogP contribution < -0.4 is 0 Å². The monoisotopic (exact) mass is 242 g/mol. The molecule has 18 heavy (non-hydrogen) atoms. The second-order valence-electron chi connectivity index (χ2n) is 4.17. The van der Waals surface area contributed by atoms with Gasteiger partial charge >= 0.3 is 0 Å². The average molecular weight is 242 g/mol. The third-order valence-electron chi connectivity index (χ3n) is 2.52. The summed E-state index contributed by atoms with van der Waals surface area (Å²) in [6, 6.07) is 15.3. The molecule has 94 valence electrons. The van der Waals surface area contributed by atoms with Gasteiger partial charge in [-0.25, -0.2) is 0 Å². The molecule has 0 aliphatic heterocycles. The Morgan fingerprint density at radius 3 is 1.72 bits per heavy atom.